The summed E-state index contributed by atoms with van der Waals surface area (Å²) in [6.45, 7) is 0.790. The third-order valence-corrected chi connectivity index (χ3v) is 3.07. The minimum atomic E-state index is -1.07. The van der Waals surface area contributed by atoms with Crippen molar-refractivity contribution < 1.29 is 19.0 Å². The first-order valence-electron chi connectivity index (χ1n) is 6.45. The average Bonchev–Trinajstić information content (AvgIpc) is 2.49. The van der Waals surface area contributed by atoms with Gasteiger partial charge in [-0.2, -0.15) is 0 Å². The van der Waals surface area contributed by atoms with E-state index in [1.54, 1.807) is 7.11 Å². The van der Waals surface area contributed by atoms with Crippen LogP contribution in [-0.4, -0.2) is 18.2 Å². The second kappa shape index (κ2) is 6.85. The van der Waals surface area contributed by atoms with Gasteiger partial charge < -0.3 is 15.2 Å². The van der Waals surface area contributed by atoms with Gasteiger partial charge in [0.15, 0.2) is 0 Å². The Bertz CT molecular complexity index is 643. The molecule has 110 valence electrons. The summed E-state index contributed by atoms with van der Waals surface area (Å²) >= 11 is 0. The smallest absolute Gasteiger partial charge is 0.335 e. The van der Waals surface area contributed by atoms with E-state index < -0.39 is 11.8 Å². The molecule has 5 heteroatoms. The van der Waals surface area contributed by atoms with Crippen molar-refractivity contribution in [2.75, 3.05) is 7.11 Å². The minimum Gasteiger partial charge on any atom is -0.497 e. The second-order valence-electron chi connectivity index (χ2n) is 4.57. The van der Waals surface area contributed by atoms with Gasteiger partial charge in [0.2, 0.25) is 0 Å². The molecular weight excluding hydrogens is 273 g/mol. The highest BCUT2D eigenvalue weighted by atomic mass is 19.1. The van der Waals surface area contributed by atoms with Crippen molar-refractivity contribution in [3.63, 3.8) is 0 Å². The van der Waals surface area contributed by atoms with E-state index in [2.05, 4.69) is 5.32 Å². The molecule has 0 saturated carbocycles. The lowest BCUT2D eigenvalue weighted by Gasteiger charge is -2.08. The number of rotatable bonds is 6. The van der Waals surface area contributed by atoms with Crippen molar-refractivity contribution in [2.24, 2.45) is 0 Å². The molecule has 0 bridgehead atoms. The number of aromatic carboxylic acids is 1. The zero-order chi connectivity index (χ0) is 15.2. The third-order valence-electron chi connectivity index (χ3n) is 3.07. The van der Waals surface area contributed by atoms with E-state index in [1.807, 2.05) is 24.3 Å². The van der Waals surface area contributed by atoms with Crippen LogP contribution in [0.5, 0.6) is 5.75 Å². The van der Waals surface area contributed by atoms with E-state index in [4.69, 9.17) is 9.84 Å². The van der Waals surface area contributed by atoms with Gasteiger partial charge in [-0.25, -0.2) is 9.18 Å². The molecule has 4 nitrogen and oxygen atoms in total. The predicted molar refractivity (Wildman–Crippen MR) is 76.9 cm³/mol. The zero-order valence-corrected chi connectivity index (χ0v) is 11.6. The average molecular weight is 289 g/mol. The van der Waals surface area contributed by atoms with E-state index in [0.29, 0.717) is 12.1 Å². The maximum atomic E-state index is 13.6. The lowest BCUT2D eigenvalue weighted by molar-refractivity contribution is 0.0696. The summed E-state index contributed by atoms with van der Waals surface area (Å²) in [6, 6.07) is 11.3. The summed E-state index contributed by atoms with van der Waals surface area (Å²) in [5, 5.41) is 12.0. The molecule has 0 atom stereocenters. The molecule has 0 saturated heterocycles. The number of hydrogen-bond donors (Lipinski definition) is 2. The maximum absolute atomic E-state index is 13.6. The van der Waals surface area contributed by atoms with E-state index in [-0.39, 0.29) is 12.1 Å². The molecule has 0 amide bonds. The molecule has 2 N–H and O–H groups in total. The van der Waals surface area contributed by atoms with Gasteiger partial charge in [-0.15, -0.1) is 0 Å². The van der Waals surface area contributed by atoms with Crippen LogP contribution in [0.25, 0.3) is 0 Å². The lowest BCUT2D eigenvalue weighted by Crippen LogP contribution is -2.14. The van der Waals surface area contributed by atoms with Gasteiger partial charge in [0, 0.05) is 18.7 Å². The molecule has 0 heterocycles. The van der Waals surface area contributed by atoms with Crippen LogP contribution in [0, 0.1) is 5.82 Å². The van der Waals surface area contributed by atoms with Gasteiger partial charge in [-0.1, -0.05) is 12.1 Å². The number of halogens is 1. The SMILES string of the molecule is COc1cccc(CNCc2cc(C(=O)O)ccc2F)c1. The highest BCUT2D eigenvalue weighted by Gasteiger charge is 2.08. The molecule has 0 aromatic heterocycles. The molecule has 0 aliphatic carbocycles. The molecule has 21 heavy (non-hydrogen) atoms. The number of carboxylic acids is 1. The standard InChI is InChI=1S/C16H16FNO3/c1-21-14-4-2-3-11(7-14)9-18-10-13-8-12(16(19)20)5-6-15(13)17/h2-8,18H,9-10H2,1H3,(H,19,20). The Morgan fingerprint density at radius 2 is 2.05 bits per heavy atom. The summed E-state index contributed by atoms with van der Waals surface area (Å²) < 4.78 is 18.8. The first-order chi connectivity index (χ1) is 10.1. The first-order valence-corrected chi connectivity index (χ1v) is 6.45. The van der Waals surface area contributed by atoms with Gasteiger partial charge in [0.05, 0.1) is 12.7 Å². The summed E-state index contributed by atoms with van der Waals surface area (Å²) in [5.74, 6) is -0.726. The number of carboxylic acid groups (broad SMARTS) is 1. The van der Waals surface area contributed by atoms with Crippen LogP contribution in [0.2, 0.25) is 0 Å². The van der Waals surface area contributed by atoms with Gasteiger partial charge >= 0.3 is 5.97 Å². The molecule has 0 fully saturated rings. The fourth-order valence-electron chi connectivity index (χ4n) is 1.97. The Balaban J connectivity index is 1.99. The molecule has 0 radical (unpaired) electrons. The second-order valence-corrected chi connectivity index (χ2v) is 4.57. The van der Waals surface area contributed by atoms with Crippen molar-refractivity contribution in [2.45, 2.75) is 13.1 Å². The van der Waals surface area contributed by atoms with Crippen molar-refractivity contribution in [1.82, 2.24) is 5.32 Å². The van der Waals surface area contributed by atoms with E-state index in [0.717, 1.165) is 11.3 Å². The quantitative estimate of drug-likeness (QED) is 0.858. The summed E-state index contributed by atoms with van der Waals surface area (Å²) in [7, 11) is 1.60. The van der Waals surface area contributed by atoms with Gasteiger partial charge in [0.1, 0.15) is 11.6 Å². The van der Waals surface area contributed by atoms with Gasteiger partial charge in [-0.05, 0) is 35.9 Å². The zero-order valence-electron chi connectivity index (χ0n) is 11.6. The molecule has 2 aromatic carbocycles. The Morgan fingerprint density at radius 3 is 2.76 bits per heavy atom. The fourth-order valence-corrected chi connectivity index (χ4v) is 1.97. The van der Waals surface area contributed by atoms with Gasteiger partial charge in [-0.3, -0.25) is 0 Å². The van der Waals surface area contributed by atoms with Crippen molar-refractivity contribution >= 4 is 5.97 Å². The van der Waals surface area contributed by atoms with Crippen LogP contribution in [0.15, 0.2) is 42.5 Å². The third kappa shape index (κ3) is 4.03. The van der Waals surface area contributed by atoms with Crippen LogP contribution in [0.3, 0.4) is 0 Å². The van der Waals surface area contributed by atoms with Crippen LogP contribution in [0.4, 0.5) is 4.39 Å². The molecule has 0 unspecified atom stereocenters. The van der Waals surface area contributed by atoms with Crippen LogP contribution in [0.1, 0.15) is 21.5 Å². The summed E-state index contributed by atoms with van der Waals surface area (Å²) in [4.78, 5) is 10.9. The van der Waals surface area contributed by atoms with Crippen LogP contribution < -0.4 is 10.1 Å². The largest absolute Gasteiger partial charge is 0.497 e. The Labute approximate surface area is 122 Å². The number of carbonyl (C=O) groups is 1. The first kappa shape index (κ1) is 15.0. The van der Waals surface area contributed by atoms with Crippen molar-refractivity contribution in [3.8, 4) is 5.75 Å². The number of methoxy groups -OCH3 is 1. The number of nitrogens with one attached hydrogen (secondary N) is 1. The minimum absolute atomic E-state index is 0.0783. The normalized spacial score (nSPS) is 10.4. The Morgan fingerprint density at radius 1 is 1.24 bits per heavy atom. The molecule has 2 aromatic rings. The Kier molecular flexibility index (Phi) is 4.90. The lowest BCUT2D eigenvalue weighted by atomic mass is 10.1. The van der Waals surface area contributed by atoms with Crippen LogP contribution >= 0.6 is 0 Å². The van der Waals surface area contributed by atoms with Crippen molar-refractivity contribution in [3.05, 3.63) is 65.0 Å². The molecule has 2 rings (SSSR count). The van der Waals surface area contributed by atoms with E-state index in [9.17, 15) is 9.18 Å². The molecule has 0 aliphatic heterocycles. The van der Waals surface area contributed by atoms with E-state index >= 15 is 0 Å². The summed E-state index contributed by atoms with van der Waals surface area (Å²) in [5.41, 5.74) is 1.41. The molecule has 0 spiro atoms. The molecular formula is C16H16FNO3. The molecule has 0 aliphatic rings. The van der Waals surface area contributed by atoms with Crippen molar-refractivity contribution in [1.29, 1.82) is 0 Å². The van der Waals surface area contributed by atoms with Gasteiger partial charge in [0.25, 0.3) is 0 Å². The monoisotopic (exact) mass is 289 g/mol. The maximum Gasteiger partial charge on any atom is 0.335 e. The Hall–Kier alpha value is -2.40. The number of benzene rings is 2. The highest BCUT2D eigenvalue weighted by molar-refractivity contribution is 5.87. The fraction of sp³-hybridized carbons (Fsp3) is 0.188. The summed E-state index contributed by atoms with van der Waals surface area (Å²) in [6.07, 6.45) is 0. The number of hydrogen-bond acceptors (Lipinski definition) is 3. The van der Waals surface area contributed by atoms with E-state index in [1.165, 1.54) is 18.2 Å². The number of ether oxygens (including phenoxy) is 1. The van der Waals surface area contributed by atoms with Crippen LogP contribution in [-0.2, 0) is 13.1 Å². The predicted octanol–water partition coefficient (Wildman–Crippen LogP) is 2.82. The highest BCUT2D eigenvalue weighted by Crippen LogP contribution is 2.13. The topological polar surface area (TPSA) is 58.6 Å².